The fraction of sp³-hybridized carbons (Fsp3) is 0.600. The summed E-state index contributed by atoms with van der Waals surface area (Å²) in [7, 11) is 4.64. The van der Waals surface area contributed by atoms with Gasteiger partial charge in [-0.05, 0) is 25.7 Å². The number of amides is 1. The molecule has 1 saturated carbocycles. The number of piperidine rings is 1. The van der Waals surface area contributed by atoms with Crippen molar-refractivity contribution in [1.29, 1.82) is 0 Å². The lowest BCUT2D eigenvalue weighted by molar-refractivity contribution is -0.132. The number of imidazole rings is 1. The van der Waals surface area contributed by atoms with Gasteiger partial charge in [0.05, 0.1) is 6.33 Å². The third-order valence-electron chi connectivity index (χ3n) is 6.63. The van der Waals surface area contributed by atoms with Gasteiger partial charge < -0.3 is 9.47 Å². The second kappa shape index (κ2) is 7.31. The molecular formula is C20H26N8O4. The van der Waals surface area contributed by atoms with E-state index < -0.39 is 11.2 Å². The quantitative estimate of drug-likeness (QED) is 0.515. The molecule has 2 aliphatic rings. The second-order valence-corrected chi connectivity index (χ2v) is 8.77. The Bertz CT molecular complexity index is 1390. The van der Waals surface area contributed by atoms with Crippen LogP contribution >= 0.6 is 0 Å². The van der Waals surface area contributed by atoms with Crippen LogP contribution < -0.4 is 16.9 Å². The van der Waals surface area contributed by atoms with Crippen molar-refractivity contribution in [1.82, 2.24) is 37.9 Å². The van der Waals surface area contributed by atoms with E-state index >= 15 is 0 Å². The molecule has 2 fully saturated rings. The van der Waals surface area contributed by atoms with Gasteiger partial charge in [-0.15, -0.1) is 0 Å². The molecule has 3 aromatic heterocycles. The standard InChI is InChI=1S/C20H26N8O4/c1-23-17-15(18(30)24(2)19(23)31)27(11-21-17)10-14(29)26-8-6-12(7-9-26)16-22-25(3)20(32)28(16)13-4-5-13/h11-13H,4-10H2,1-3H3. The van der Waals surface area contributed by atoms with E-state index in [0.717, 1.165) is 36.1 Å². The van der Waals surface area contributed by atoms with Gasteiger partial charge in [0.15, 0.2) is 11.2 Å². The second-order valence-electron chi connectivity index (χ2n) is 8.77. The smallest absolute Gasteiger partial charge is 0.341 e. The largest absolute Gasteiger partial charge is 0.345 e. The first kappa shape index (κ1) is 20.5. The van der Waals surface area contributed by atoms with Gasteiger partial charge in [0.25, 0.3) is 5.56 Å². The number of hydrogen-bond donors (Lipinski definition) is 0. The molecule has 5 rings (SSSR count). The van der Waals surface area contributed by atoms with Crippen molar-refractivity contribution in [2.45, 2.75) is 44.2 Å². The predicted octanol–water partition coefficient (Wildman–Crippen LogP) is -0.930. The van der Waals surface area contributed by atoms with E-state index in [2.05, 4.69) is 10.1 Å². The summed E-state index contributed by atoms with van der Waals surface area (Å²) in [6.07, 6.45) is 4.92. The highest BCUT2D eigenvalue weighted by atomic mass is 16.2. The fourth-order valence-electron chi connectivity index (χ4n) is 4.60. The maximum Gasteiger partial charge on any atom is 0.345 e. The number of nitrogens with zero attached hydrogens (tertiary/aromatic N) is 8. The molecule has 0 bridgehead atoms. The zero-order valence-corrected chi connectivity index (χ0v) is 18.4. The number of fused-ring (bicyclic) bond motifs is 1. The Morgan fingerprint density at radius 2 is 1.69 bits per heavy atom. The van der Waals surface area contributed by atoms with Gasteiger partial charge >= 0.3 is 11.4 Å². The lowest BCUT2D eigenvalue weighted by Crippen LogP contribution is -2.41. The van der Waals surface area contributed by atoms with Crippen LogP contribution in [0.1, 0.15) is 43.5 Å². The first-order valence-corrected chi connectivity index (χ1v) is 10.8. The minimum atomic E-state index is -0.472. The van der Waals surface area contributed by atoms with E-state index in [-0.39, 0.29) is 41.3 Å². The maximum absolute atomic E-state index is 13.0. The van der Waals surface area contributed by atoms with E-state index in [1.807, 2.05) is 4.57 Å². The number of carbonyl (C=O) groups is 1. The van der Waals surface area contributed by atoms with Gasteiger partial charge in [-0.25, -0.2) is 19.3 Å². The molecule has 32 heavy (non-hydrogen) atoms. The third kappa shape index (κ3) is 3.12. The number of hydrogen-bond acceptors (Lipinski definition) is 6. The Kier molecular flexibility index (Phi) is 4.68. The number of aryl methyl sites for hydroxylation is 2. The zero-order chi connectivity index (χ0) is 22.7. The molecule has 0 aromatic carbocycles. The maximum atomic E-state index is 13.0. The Morgan fingerprint density at radius 1 is 1.00 bits per heavy atom. The zero-order valence-electron chi connectivity index (χ0n) is 18.4. The molecule has 12 nitrogen and oxygen atoms in total. The van der Waals surface area contributed by atoms with Gasteiger partial charge in [0.1, 0.15) is 12.4 Å². The molecule has 0 atom stereocenters. The third-order valence-corrected chi connectivity index (χ3v) is 6.63. The van der Waals surface area contributed by atoms with Gasteiger partial charge in [-0.3, -0.25) is 23.3 Å². The summed E-state index contributed by atoms with van der Waals surface area (Å²) in [5.74, 6) is 0.862. The van der Waals surface area contributed by atoms with Crippen molar-refractivity contribution in [2.24, 2.45) is 21.1 Å². The average Bonchev–Trinajstić information content (AvgIpc) is 3.47. The van der Waals surface area contributed by atoms with Crippen molar-refractivity contribution in [3.63, 3.8) is 0 Å². The van der Waals surface area contributed by atoms with Crippen molar-refractivity contribution >= 4 is 17.1 Å². The first-order valence-electron chi connectivity index (χ1n) is 10.8. The van der Waals surface area contributed by atoms with E-state index in [1.165, 1.54) is 27.2 Å². The van der Waals surface area contributed by atoms with Crippen LogP contribution in [0.2, 0.25) is 0 Å². The highest BCUT2D eigenvalue weighted by Gasteiger charge is 2.34. The number of aromatic nitrogens is 7. The fourth-order valence-corrected chi connectivity index (χ4v) is 4.60. The topological polar surface area (TPSA) is 122 Å². The average molecular weight is 442 g/mol. The van der Waals surface area contributed by atoms with E-state index in [0.29, 0.717) is 13.1 Å². The molecule has 170 valence electrons. The monoisotopic (exact) mass is 442 g/mol. The van der Waals surface area contributed by atoms with E-state index in [1.54, 1.807) is 19.0 Å². The molecule has 1 amide bonds. The SMILES string of the molecule is Cn1nc(C2CCN(C(=O)Cn3cnc4c3c(=O)n(C)c(=O)n4C)CC2)n(C2CC2)c1=O. The van der Waals surface area contributed by atoms with Crippen LogP contribution in [0.5, 0.6) is 0 Å². The van der Waals surface area contributed by atoms with Crippen LogP contribution in [-0.2, 0) is 32.5 Å². The molecule has 1 aliphatic heterocycles. The van der Waals surface area contributed by atoms with Crippen LogP contribution in [-0.4, -0.2) is 56.9 Å². The number of rotatable bonds is 4. The Labute approximate surface area is 182 Å². The molecule has 1 saturated heterocycles. The predicted molar refractivity (Wildman–Crippen MR) is 115 cm³/mol. The van der Waals surface area contributed by atoms with E-state index in [4.69, 9.17) is 0 Å². The Hall–Kier alpha value is -3.44. The highest BCUT2D eigenvalue weighted by molar-refractivity contribution is 5.79. The Morgan fingerprint density at radius 3 is 2.34 bits per heavy atom. The van der Waals surface area contributed by atoms with Crippen molar-refractivity contribution in [2.75, 3.05) is 13.1 Å². The normalized spacial score (nSPS) is 17.4. The molecule has 0 N–H and O–H groups in total. The van der Waals surface area contributed by atoms with Gasteiger partial charge in [0.2, 0.25) is 5.91 Å². The molecule has 12 heteroatoms. The number of carbonyl (C=O) groups excluding carboxylic acids is 1. The summed E-state index contributed by atoms with van der Waals surface area (Å²) < 4.78 is 7.07. The van der Waals surface area contributed by atoms with Gasteiger partial charge in [0, 0.05) is 46.2 Å². The minimum Gasteiger partial charge on any atom is -0.341 e. The molecular weight excluding hydrogens is 416 g/mol. The van der Waals surface area contributed by atoms with Crippen LogP contribution in [0.15, 0.2) is 20.7 Å². The summed E-state index contributed by atoms with van der Waals surface area (Å²) in [4.78, 5) is 56.0. The molecule has 0 unspecified atom stereocenters. The molecule has 0 radical (unpaired) electrons. The van der Waals surface area contributed by atoms with Crippen molar-refractivity contribution in [3.05, 3.63) is 43.5 Å². The molecule has 3 aromatic rings. The Balaban J connectivity index is 1.32. The molecule has 4 heterocycles. The van der Waals surface area contributed by atoms with E-state index in [9.17, 15) is 19.2 Å². The summed E-state index contributed by atoms with van der Waals surface area (Å²) in [5, 5.41) is 4.48. The van der Waals surface area contributed by atoms with Crippen LogP contribution in [0.25, 0.3) is 11.2 Å². The number of likely N-dealkylation sites (tertiary alicyclic amines) is 1. The lowest BCUT2D eigenvalue weighted by atomic mass is 9.95. The van der Waals surface area contributed by atoms with Crippen molar-refractivity contribution < 1.29 is 4.79 Å². The lowest BCUT2D eigenvalue weighted by Gasteiger charge is -2.31. The summed E-state index contributed by atoms with van der Waals surface area (Å²) >= 11 is 0. The summed E-state index contributed by atoms with van der Waals surface area (Å²) in [5.41, 5.74) is -0.498. The minimum absolute atomic E-state index is 0.0228. The van der Waals surface area contributed by atoms with Gasteiger partial charge in [-0.1, -0.05) is 0 Å². The van der Waals surface area contributed by atoms with Crippen LogP contribution in [0.3, 0.4) is 0 Å². The summed E-state index contributed by atoms with van der Waals surface area (Å²) in [6.45, 7) is 1.09. The van der Waals surface area contributed by atoms with Crippen LogP contribution in [0, 0.1) is 0 Å². The van der Waals surface area contributed by atoms with Crippen LogP contribution in [0.4, 0.5) is 0 Å². The summed E-state index contributed by atoms with van der Waals surface area (Å²) in [6, 6.07) is 0.263. The van der Waals surface area contributed by atoms with Crippen molar-refractivity contribution in [3.8, 4) is 0 Å². The first-order chi connectivity index (χ1) is 15.3. The highest BCUT2D eigenvalue weighted by Crippen LogP contribution is 2.37. The molecule has 1 aliphatic carbocycles. The molecule has 0 spiro atoms. The van der Waals surface area contributed by atoms with Gasteiger partial charge in [-0.2, -0.15) is 5.10 Å².